The van der Waals surface area contributed by atoms with Crippen LogP contribution in [0.5, 0.6) is 0 Å². The molecule has 0 amide bonds. The maximum atomic E-state index is 12.5. The van der Waals surface area contributed by atoms with Crippen LogP contribution in [0.1, 0.15) is 72.5 Å². The number of hydrogen-bond acceptors (Lipinski definition) is 5. The van der Waals surface area contributed by atoms with Crippen LogP contribution in [0.15, 0.2) is 36.8 Å². The lowest BCUT2D eigenvalue weighted by Crippen LogP contribution is -2.36. The summed E-state index contributed by atoms with van der Waals surface area (Å²) < 4.78 is 2.26. The average Bonchev–Trinajstić information content (AvgIpc) is 3.77. The molecule has 33 heavy (non-hydrogen) atoms. The largest absolute Gasteiger partial charge is 0.383 e. The highest BCUT2D eigenvalue weighted by atomic mass is 16.1. The molecular weight excluding hydrogens is 410 g/mol. The van der Waals surface area contributed by atoms with Gasteiger partial charge >= 0.3 is 0 Å². The minimum Gasteiger partial charge on any atom is -0.383 e. The Morgan fingerprint density at radius 1 is 1.03 bits per heavy atom. The third kappa shape index (κ3) is 4.26. The van der Waals surface area contributed by atoms with Gasteiger partial charge in [0.1, 0.15) is 17.8 Å². The number of likely N-dealkylation sites (tertiary alicyclic amines) is 1. The van der Waals surface area contributed by atoms with Gasteiger partial charge in [-0.15, -0.1) is 0 Å². The molecule has 2 aliphatic carbocycles. The first kappa shape index (κ1) is 20.4. The van der Waals surface area contributed by atoms with Crippen molar-refractivity contribution in [3.8, 4) is 11.8 Å². The van der Waals surface area contributed by atoms with Crippen molar-refractivity contribution in [2.24, 2.45) is 5.92 Å². The Balaban J connectivity index is 1.29. The quantitative estimate of drug-likeness (QED) is 0.476. The number of fused-ring (bicyclic) bond motifs is 1. The second kappa shape index (κ2) is 8.31. The lowest BCUT2D eigenvalue weighted by molar-refractivity contribution is 0.0976. The third-order valence-electron chi connectivity index (χ3n) is 7.29. The van der Waals surface area contributed by atoms with Gasteiger partial charge in [-0.05, 0) is 56.6 Å². The van der Waals surface area contributed by atoms with Crippen molar-refractivity contribution in [1.29, 1.82) is 0 Å². The Morgan fingerprint density at radius 3 is 2.61 bits per heavy atom. The number of nitrogens with two attached hydrogens (primary N) is 1. The van der Waals surface area contributed by atoms with Gasteiger partial charge in [-0.2, -0.15) is 0 Å². The van der Waals surface area contributed by atoms with E-state index in [1.807, 2.05) is 24.3 Å². The summed E-state index contributed by atoms with van der Waals surface area (Å²) in [7, 11) is 0. The van der Waals surface area contributed by atoms with Gasteiger partial charge in [0.2, 0.25) is 0 Å². The van der Waals surface area contributed by atoms with Gasteiger partial charge < -0.3 is 15.2 Å². The zero-order valence-corrected chi connectivity index (χ0v) is 18.8. The van der Waals surface area contributed by atoms with Crippen molar-refractivity contribution in [1.82, 2.24) is 19.4 Å². The minimum absolute atomic E-state index is 0.216. The van der Waals surface area contributed by atoms with Crippen LogP contribution in [-0.4, -0.2) is 44.3 Å². The number of carbonyl (C=O) groups excluding carboxylic acids is 1. The molecule has 0 spiro atoms. The predicted octanol–water partition coefficient (Wildman–Crippen LogP) is 4.20. The lowest BCUT2D eigenvalue weighted by atomic mass is 10.0. The number of benzene rings is 1. The summed E-state index contributed by atoms with van der Waals surface area (Å²) in [5.74, 6) is 7.83. The number of rotatable bonds is 5. The molecule has 3 fully saturated rings. The minimum atomic E-state index is 0.216. The number of anilines is 1. The smallest absolute Gasteiger partial charge is 0.163 e. The van der Waals surface area contributed by atoms with Crippen LogP contribution >= 0.6 is 0 Å². The molecular formula is C27H29N5O. The van der Waals surface area contributed by atoms with E-state index in [2.05, 4.69) is 37.5 Å². The Hall–Kier alpha value is -3.17. The molecule has 168 valence electrons. The number of nitrogen functional groups attached to an aromatic ring is 1. The third-order valence-corrected chi connectivity index (χ3v) is 7.29. The molecule has 0 unspecified atom stereocenters. The summed E-state index contributed by atoms with van der Waals surface area (Å²) in [6.45, 7) is 2.27. The van der Waals surface area contributed by atoms with E-state index in [-0.39, 0.29) is 5.78 Å². The van der Waals surface area contributed by atoms with Gasteiger partial charge in [0, 0.05) is 48.9 Å². The fraction of sp³-hybridized carbons (Fsp3) is 0.444. The molecule has 2 aromatic heterocycles. The van der Waals surface area contributed by atoms with Gasteiger partial charge in [0.15, 0.2) is 5.78 Å². The van der Waals surface area contributed by atoms with Crippen LogP contribution in [-0.2, 0) is 0 Å². The second-order valence-electron chi connectivity index (χ2n) is 9.81. The summed E-state index contributed by atoms with van der Waals surface area (Å²) in [5.41, 5.74) is 9.58. The fourth-order valence-corrected chi connectivity index (χ4v) is 5.06. The topological polar surface area (TPSA) is 77.0 Å². The van der Waals surface area contributed by atoms with E-state index < -0.39 is 0 Å². The number of piperidine rings is 1. The van der Waals surface area contributed by atoms with E-state index in [9.17, 15) is 4.79 Å². The molecule has 3 aliphatic rings. The van der Waals surface area contributed by atoms with Crippen LogP contribution in [0.2, 0.25) is 0 Å². The Labute approximate surface area is 194 Å². The SMILES string of the molecule is Nc1ncnc2c1c(C#Cc1cccc(C(=O)CC3CC3)c1)cn2C1CCN(C2CC2)CC1. The van der Waals surface area contributed by atoms with Crippen molar-refractivity contribution in [2.75, 3.05) is 18.8 Å². The van der Waals surface area contributed by atoms with Crippen LogP contribution in [0.3, 0.4) is 0 Å². The summed E-state index contributed by atoms with van der Waals surface area (Å²) in [4.78, 5) is 23.9. The molecule has 3 aromatic rings. The predicted molar refractivity (Wildman–Crippen MR) is 129 cm³/mol. The standard InChI is InChI=1S/C27H29N5O/c28-26-25-21(7-6-18-2-1-3-20(14-18)24(33)15-19-4-5-19)16-32(27(25)30-17-29-26)23-10-12-31(13-11-23)22-8-9-22/h1-3,14,16-17,19,22-23H,4-5,8-13,15H2,(H2,28,29,30). The highest BCUT2D eigenvalue weighted by Crippen LogP contribution is 2.35. The Bertz CT molecular complexity index is 1270. The van der Waals surface area contributed by atoms with Gasteiger partial charge in [-0.3, -0.25) is 4.79 Å². The van der Waals surface area contributed by atoms with E-state index in [0.29, 0.717) is 24.2 Å². The number of carbonyl (C=O) groups is 1. The average molecular weight is 440 g/mol. The summed E-state index contributed by atoms with van der Waals surface area (Å²) in [6, 6.07) is 8.88. The molecule has 3 heterocycles. The molecule has 6 heteroatoms. The van der Waals surface area contributed by atoms with Gasteiger partial charge in [-0.25, -0.2) is 9.97 Å². The molecule has 6 rings (SSSR count). The molecule has 1 saturated heterocycles. The zero-order chi connectivity index (χ0) is 22.4. The number of hydrogen-bond donors (Lipinski definition) is 1. The van der Waals surface area contributed by atoms with E-state index in [1.54, 1.807) is 6.33 Å². The number of aromatic nitrogens is 3. The molecule has 2 N–H and O–H groups in total. The van der Waals surface area contributed by atoms with Crippen LogP contribution < -0.4 is 5.73 Å². The van der Waals surface area contributed by atoms with Gasteiger partial charge in [-0.1, -0.05) is 24.0 Å². The van der Waals surface area contributed by atoms with Crippen LogP contribution in [0.4, 0.5) is 5.82 Å². The molecule has 0 radical (unpaired) electrons. The summed E-state index contributed by atoms with van der Waals surface area (Å²) in [5, 5.41) is 0.829. The van der Waals surface area contributed by atoms with E-state index in [4.69, 9.17) is 5.73 Å². The fourth-order valence-electron chi connectivity index (χ4n) is 5.06. The highest BCUT2D eigenvalue weighted by molar-refractivity contribution is 5.97. The summed E-state index contributed by atoms with van der Waals surface area (Å²) in [6.07, 6.45) is 11.6. The van der Waals surface area contributed by atoms with Crippen molar-refractivity contribution in [2.45, 2.75) is 57.0 Å². The van der Waals surface area contributed by atoms with Gasteiger partial charge in [0.05, 0.1) is 10.9 Å². The van der Waals surface area contributed by atoms with Crippen molar-refractivity contribution < 1.29 is 4.79 Å². The normalized spacial score (nSPS) is 19.4. The monoisotopic (exact) mass is 439 g/mol. The van der Waals surface area contributed by atoms with Crippen LogP contribution in [0, 0.1) is 17.8 Å². The van der Waals surface area contributed by atoms with Crippen LogP contribution in [0.25, 0.3) is 11.0 Å². The summed E-state index contributed by atoms with van der Waals surface area (Å²) >= 11 is 0. The lowest BCUT2D eigenvalue weighted by Gasteiger charge is -2.32. The van der Waals surface area contributed by atoms with Crippen molar-refractivity contribution >= 4 is 22.6 Å². The number of ketones is 1. The van der Waals surface area contributed by atoms with E-state index in [1.165, 1.54) is 25.7 Å². The first-order chi connectivity index (χ1) is 16.2. The van der Waals surface area contributed by atoms with Crippen molar-refractivity contribution in [3.05, 3.63) is 53.5 Å². The zero-order valence-electron chi connectivity index (χ0n) is 18.8. The van der Waals surface area contributed by atoms with Crippen molar-refractivity contribution in [3.63, 3.8) is 0 Å². The molecule has 2 saturated carbocycles. The number of Topliss-reactive ketones (excluding diaryl/α,β-unsaturated/α-hetero) is 1. The molecule has 6 nitrogen and oxygen atoms in total. The number of nitrogens with zero attached hydrogens (tertiary/aromatic N) is 4. The second-order valence-corrected chi connectivity index (χ2v) is 9.81. The Kier molecular flexibility index (Phi) is 5.15. The first-order valence-electron chi connectivity index (χ1n) is 12.2. The molecule has 0 atom stereocenters. The maximum Gasteiger partial charge on any atom is 0.163 e. The first-order valence-corrected chi connectivity index (χ1v) is 12.2. The highest BCUT2D eigenvalue weighted by Gasteiger charge is 2.32. The molecule has 0 bridgehead atoms. The van der Waals surface area contributed by atoms with Gasteiger partial charge in [0.25, 0.3) is 0 Å². The Morgan fingerprint density at radius 2 is 1.85 bits per heavy atom. The maximum absolute atomic E-state index is 12.5. The molecule has 1 aliphatic heterocycles. The van der Waals surface area contributed by atoms with E-state index in [0.717, 1.165) is 59.7 Å². The van der Waals surface area contributed by atoms with E-state index >= 15 is 0 Å². The molecule has 1 aromatic carbocycles.